The van der Waals surface area contributed by atoms with Gasteiger partial charge >= 0.3 is 0 Å². The number of carbonyl (C=O) groups excluding carboxylic acids is 2. The molecule has 1 aromatic heterocycles. The van der Waals surface area contributed by atoms with Gasteiger partial charge in [0.1, 0.15) is 11.5 Å². The molecule has 0 saturated heterocycles. The molecule has 2 heterocycles. The highest BCUT2D eigenvalue weighted by molar-refractivity contribution is 5.95. The highest BCUT2D eigenvalue weighted by atomic mass is 16.3. The Kier molecular flexibility index (Phi) is 4.69. The molecule has 1 N–H and O–H groups in total. The van der Waals surface area contributed by atoms with Gasteiger partial charge in [0.2, 0.25) is 5.91 Å². The predicted molar refractivity (Wildman–Crippen MR) is 90.7 cm³/mol. The van der Waals surface area contributed by atoms with Gasteiger partial charge in [0, 0.05) is 26.1 Å². The monoisotopic (exact) mass is 326 g/mol. The Morgan fingerprint density at radius 3 is 2.67 bits per heavy atom. The van der Waals surface area contributed by atoms with Gasteiger partial charge in [-0.05, 0) is 37.5 Å². The molecular formula is C19H22N2O3. The third-order valence-electron chi connectivity index (χ3n) is 4.39. The van der Waals surface area contributed by atoms with E-state index in [2.05, 4.69) is 17.4 Å². The molecule has 5 nitrogen and oxygen atoms in total. The largest absolute Gasteiger partial charge is 0.466 e. The minimum absolute atomic E-state index is 0.0740. The lowest BCUT2D eigenvalue weighted by atomic mass is 10.00. The molecular weight excluding hydrogens is 304 g/mol. The normalized spacial score (nSPS) is 13.5. The van der Waals surface area contributed by atoms with Gasteiger partial charge in [-0.25, -0.2) is 0 Å². The Hall–Kier alpha value is -2.56. The van der Waals surface area contributed by atoms with Crippen molar-refractivity contribution < 1.29 is 14.0 Å². The van der Waals surface area contributed by atoms with Crippen LogP contribution in [0.25, 0.3) is 0 Å². The number of nitrogens with one attached hydrogen (secondary N) is 1. The highest BCUT2D eigenvalue weighted by Gasteiger charge is 2.20. The SMILES string of the molecule is Cc1cc(C(=O)NCCC(=O)N2CCc3ccccc3C2)c(C)o1. The molecule has 2 amide bonds. The first-order valence-electron chi connectivity index (χ1n) is 8.24. The number of aryl methyl sites for hydroxylation is 2. The second-order valence-corrected chi connectivity index (χ2v) is 6.17. The van der Waals surface area contributed by atoms with Crippen LogP contribution in [0.5, 0.6) is 0 Å². The Labute approximate surface area is 141 Å². The predicted octanol–water partition coefficient (Wildman–Crippen LogP) is 2.60. The van der Waals surface area contributed by atoms with Crippen molar-refractivity contribution >= 4 is 11.8 Å². The van der Waals surface area contributed by atoms with E-state index in [9.17, 15) is 9.59 Å². The maximum Gasteiger partial charge on any atom is 0.254 e. The zero-order valence-electron chi connectivity index (χ0n) is 14.1. The number of hydrogen-bond acceptors (Lipinski definition) is 3. The molecule has 0 radical (unpaired) electrons. The van der Waals surface area contributed by atoms with Crippen LogP contribution in [0.15, 0.2) is 34.7 Å². The first-order valence-corrected chi connectivity index (χ1v) is 8.24. The number of nitrogens with zero attached hydrogens (tertiary/aromatic N) is 1. The minimum atomic E-state index is -0.193. The molecule has 1 aromatic carbocycles. The molecule has 0 fully saturated rings. The highest BCUT2D eigenvalue weighted by Crippen LogP contribution is 2.19. The van der Waals surface area contributed by atoms with Crippen LogP contribution in [0.4, 0.5) is 0 Å². The van der Waals surface area contributed by atoms with Crippen LogP contribution >= 0.6 is 0 Å². The van der Waals surface area contributed by atoms with Crippen molar-refractivity contribution in [2.75, 3.05) is 13.1 Å². The Bertz CT molecular complexity index is 764. The first kappa shape index (κ1) is 16.3. The third kappa shape index (κ3) is 3.50. The molecule has 0 unspecified atom stereocenters. The van der Waals surface area contributed by atoms with Crippen molar-refractivity contribution in [1.29, 1.82) is 0 Å². The quantitative estimate of drug-likeness (QED) is 0.939. The number of hydrogen-bond donors (Lipinski definition) is 1. The summed E-state index contributed by atoms with van der Waals surface area (Å²) in [5, 5.41) is 2.80. The van der Waals surface area contributed by atoms with Crippen molar-refractivity contribution in [2.45, 2.75) is 33.2 Å². The van der Waals surface area contributed by atoms with Gasteiger partial charge in [0.15, 0.2) is 0 Å². The van der Waals surface area contributed by atoms with E-state index in [1.807, 2.05) is 24.0 Å². The van der Waals surface area contributed by atoms with E-state index in [1.54, 1.807) is 13.0 Å². The summed E-state index contributed by atoms with van der Waals surface area (Å²) in [6.45, 7) is 5.30. The molecule has 24 heavy (non-hydrogen) atoms. The molecule has 0 aliphatic carbocycles. The van der Waals surface area contributed by atoms with Gasteiger partial charge in [-0.3, -0.25) is 9.59 Å². The molecule has 0 spiro atoms. The fourth-order valence-electron chi connectivity index (χ4n) is 3.10. The van der Waals surface area contributed by atoms with Crippen LogP contribution in [-0.4, -0.2) is 29.8 Å². The van der Waals surface area contributed by atoms with Gasteiger partial charge < -0.3 is 14.6 Å². The van der Waals surface area contributed by atoms with E-state index in [-0.39, 0.29) is 11.8 Å². The van der Waals surface area contributed by atoms with Gasteiger partial charge in [0.05, 0.1) is 5.56 Å². The van der Waals surface area contributed by atoms with Gasteiger partial charge in [0.25, 0.3) is 5.91 Å². The number of amides is 2. The van der Waals surface area contributed by atoms with Crippen LogP contribution < -0.4 is 5.32 Å². The summed E-state index contributed by atoms with van der Waals surface area (Å²) >= 11 is 0. The van der Waals surface area contributed by atoms with E-state index < -0.39 is 0 Å². The van der Waals surface area contributed by atoms with Crippen LogP contribution in [0.3, 0.4) is 0 Å². The third-order valence-corrected chi connectivity index (χ3v) is 4.39. The summed E-state index contributed by atoms with van der Waals surface area (Å²) in [7, 11) is 0. The Balaban J connectivity index is 1.50. The first-order chi connectivity index (χ1) is 11.5. The molecule has 126 valence electrons. The lowest BCUT2D eigenvalue weighted by Gasteiger charge is -2.29. The molecule has 1 aliphatic rings. The second kappa shape index (κ2) is 6.91. The second-order valence-electron chi connectivity index (χ2n) is 6.17. The zero-order chi connectivity index (χ0) is 17.1. The van der Waals surface area contributed by atoms with Gasteiger partial charge in [-0.2, -0.15) is 0 Å². The van der Waals surface area contributed by atoms with Crippen LogP contribution in [0, 0.1) is 13.8 Å². The van der Waals surface area contributed by atoms with Crippen molar-refractivity contribution in [3.63, 3.8) is 0 Å². The molecule has 0 atom stereocenters. The van der Waals surface area contributed by atoms with E-state index in [1.165, 1.54) is 11.1 Å². The summed E-state index contributed by atoms with van der Waals surface area (Å²) in [5.41, 5.74) is 3.07. The van der Waals surface area contributed by atoms with Crippen molar-refractivity contribution in [3.8, 4) is 0 Å². The molecule has 5 heteroatoms. The average Bonchev–Trinajstić information content (AvgIpc) is 2.92. The minimum Gasteiger partial charge on any atom is -0.466 e. The smallest absolute Gasteiger partial charge is 0.254 e. The summed E-state index contributed by atoms with van der Waals surface area (Å²) in [4.78, 5) is 26.3. The maximum absolute atomic E-state index is 12.4. The van der Waals surface area contributed by atoms with E-state index >= 15 is 0 Å². The van der Waals surface area contributed by atoms with Crippen LogP contribution in [-0.2, 0) is 17.8 Å². The Morgan fingerprint density at radius 1 is 1.21 bits per heavy atom. The van der Waals surface area contributed by atoms with Crippen molar-refractivity contribution in [2.24, 2.45) is 0 Å². The van der Waals surface area contributed by atoms with E-state index in [4.69, 9.17) is 4.42 Å². The van der Waals surface area contributed by atoms with Crippen LogP contribution in [0.1, 0.15) is 39.4 Å². The lowest BCUT2D eigenvalue weighted by molar-refractivity contribution is -0.131. The standard InChI is InChI=1S/C19H22N2O3/c1-13-11-17(14(2)24-13)19(23)20-9-7-18(22)21-10-8-15-5-3-4-6-16(15)12-21/h3-6,11H,7-10,12H2,1-2H3,(H,20,23). The zero-order valence-corrected chi connectivity index (χ0v) is 14.1. The van der Waals surface area contributed by atoms with Gasteiger partial charge in [-0.15, -0.1) is 0 Å². The number of carbonyl (C=O) groups is 2. The maximum atomic E-state index is 12.4. The van der Waals surface area contributed by atoms with Crippen molar-refractivity contribution in [1.82, 2.24) is 10.2 Å². The molecule has 0 bridgehead atoms. The number of benzene rings is 1. The molecule has 1 aliphatic heterocycles. The summed E-state index contributed by atoms with van der Waals surface area (Å²) < 4.78 is 5.36. The molecule has 3 rings (SSSR count). The number of fused-ring (bicyclic) bond motifs is 1. The summed E-state index contributed by atoms with van der Waals surface area (Å²) in [6, 6.07) is 9.94. The number of rotatable bonds is 4. The topological polar surface area (TPSA) is 62.6 Å². The molecule has 2 aromatic rings. The lowest BCUT2D eigenvalue weighted by Crippen LogP contribution is -2.38. The Morgan fingerprint density at radius 2 is 1.96 bits per heavy atom. The van der Waals surface area contributed by atoms with Crippen LogP contribution in [0.2, 0.25) is 0 Å². The average molecular weight is 326 g/mol. The fraction of sp³-hybridized carbons (Fsp3) is 0.368. The number of furan rings is 1. The molecule has 0 saturated carbocycles. The summed E-state index contributed by atoms with van der Waals surface area (Å²) in [6.07, 6.45) is 1.20. The van der Waals surface area contributed by atoms with Crippen molar-refractivity contribution in [3.05, 3.63) is 58.5 Å². The fourth-order valence-corrected chi connectivity index (χ4v) is 3.10. The van der Waals surface area contributed by atoms with E-state index in [0.717, 1.165) is 13.0 Å². The van der Waals surface area contributed by atoms with Gasteiger partial charge in [-0.1, -0.05) is 24.3 Å². The summed E-state index contributed by atoms with van der Waals surface area (Å²) in [5.74, 6) is 1.19. The van der Waals surface area contributed by atoms with E-state index in [0.29, 0.717) is 36.6 Å².